The van der Waals surface area contributed by atoms with Gasteiger partial charge in [-0.05, 0) is 60.2 Å². The number of anilines is 1. The first kappa shape index (κ1) is 19.0. The van der Waals surface area contributed by atoms with E-state index in [9.17, 15) is 13.6 Å². The summed E-state index contributed by atoms with van der Waals surface area (Å²) in [6, 6.07) is 16.1. The van der Waals surface area contributed by atoms with E-state index < -0.39 is 11.8 Å². The summed E-state index contributed by atoms with van der Waals surface area (Å²) in [5.74, 6) is -1.38. The quantitative estimate of drug-likeness (QED) is 0.292. The van der Waals surface area contributed by atoms with Gasteiger partial charge >= 0.3 is 5.97 Å². The van der Waals surface area contributed by atoms with Gasteiger partial charge in [-0.25, -0.2) is 13.6 Å². The van der Waals surface area contributed by atoms with E-state index in [1.54, 1.807) is 30.3 Å². The Balaban J connectivity index is 1.71. The van der Waals surface area contributed by atoms with Crippen molar-refractivity contribution in [2.45, 2.75) is 0 Å². The molecular formula is C21H16F2N2O3. The zero-order chi connectivity index (χ0) is 19.9. The zero-order valence-electron chi connectivity index (χ0n) is 14.9. The van der Waals surface area contributed by atoms with Crippen LogP contribution in [0.2, 0.25) is 0 Å². The third-order valence-corrected chi connectivity index (χ3v) is 3.74. The maximum absolute atomic E-state index is 13.7. The average molecular weight is 382 g/mol. The standard InChI is InChI=1S/C21H16F2N2O3/c1-27-20-12-14(13-24-25-16-9-7-15(22)8-10-16)6-11-19(20)28-21(26)17-4-2-3-5-18(17)23/h2-13,25H,1H3/b24-13-. The van der Waals surface area contributed by atoms with Gasteiger partial charge in [0.2, 0.25) is 0 Å². The number of rotatable bonds is 6. The summed E-state index contributed by atoms with van der Waals surface area (Å²) in [6.45, 7) is 0. The average Bonchev–Trinajstić information content (AvgIpc) is 2.70. The summed E-state index contributed by atoms with van der Waals surface area (Å²) < 4.78 is 37.1. The summed E-state index contributed by atoms with van der Waals surface area (Å²) in [5.41, 5.74) is 3.89. The van der Waals surface area contributed by atoms with Crippen LogP contribution in [-0.2, 0) is 0 Å². The SMILES string of the molecule is COc1cc(/C=N\Nc2ccc(F)cc2)ccc1OC(=O)c1ccccc1F. The number of esters is 1. The van der Waals surface area contributed by atoms with Crippen LogP contribution < -0.4 is 14.9 Å². The van der Waals surface area contributed by atoms with E-state index in [0.29, 0.717) is 11.3 Å². The van der Waals surface area contributed by atoms with Crippen LogP contribution in [0.3, 0.4) is 0 Å². The van der Waals surface area contributed by atoms with Crippen molar-refractivity contribution in [3.05, 3.63) is 89.5 Å². The highest BCUT2D eigenvalue weighted by Gasteiger charge is 2.16. The van der Waals surface area contributed by atoms with E-state index in [-0.39, 0.29) is 22.9 Å². The molecule has 0 aromatic heterocycles. The molecule has 0 heterocycles. The first-order valence-electron chi connectivity index (χ1n) is 8.26. The molecule has 0 unspecified atom stereocenters. The molecule has 1 N–H and O–H groups in total. The van der Waals surface area contributed by atoms with Crippen LogP contribution >= 0.6 is 0 Å². The summed E-state index contributed by atoms with van der Waals surface area (Å²) in [5, 5.41) is 4.06. The third-order valence-electron chi connectivity index (χ3n) is 3.74. The highest BCUT2D eigenvalue weighted by atomic mass is 19.1. The number of hydrazone groups is 1. The van der Waals surface area contributed by atoms with Crippen LogP contribution in [-0.4, -0.2) is 19.3 Å². The number of hydrogen-bond donors (Lipinski definition) is 1. The second kappa shape index (κ2) is 8.77. The topological polar surface area (TPSA) is 59.9 Å². The highest BCUT2D eigenvalue weighted by molar-refractivity contribution is 5.92. The van der Waals surface area contributed by atoms with Crippen molar-refractivity contribution in [3.63, 3.8) is 0 Å². The van der Waals surface area contributed by atoms with Gasteiger partial charge in [0.1, 0.15) is 11.6 Å². The third kappa shape index (κ3) is 4.70. The molecule has 0 aliphatic carbocycles. The molecule has 0 amide bonds. The minimum absolute atomic E-state index is 0.152. The van der Waals surface area contributed by atoms with E-state index in [0.717, 1.165) is 0 Å². The largest absolute Gasteiger partial charge is 0.493 e. The lowest BCUT2D eigenvalue weighted by Crippen LogP contribution is -2.11. The monoisotopic (exact) mass is 382 g/mol. The van der Waals surface area contributed by atoms with Gasteiger partial charge < -0.3 is 9.47 Å². The van der Waals surface area contributed by atoms with Gasteiger partial charge in [-0.1, -0.05) is 12.1 Å². The molecule has 0 fully saturated rings. The molecule has 7 heteroatoms. The number of carbonyl (C=O) groups is 1. The zero-order valence-corrected chi connectivity index (χ0v) is 14.9. The normalized spacial score (nSPS) is 10.7. The lowest BCUT2D eigenvalue weighted by molar-refractivity contribution is 0.0725. The van der Waals surface area contributed by atoms with E-state index in [1.807, 2.05) is 0 Å². The number of methoxy groups -OCH3 is 1. The Morgan fingerprint density at radius 2 is 1.75 bits per heavy atom. The smallest absolute Gasteiger partial charge is 0.346 e. The summed E-state index contributed by atoms with van der Waals surface area (Å²) in [7, 11) is 1.42. The molecule has 0 saturated heterocycles. The molecular weight excluding hydrogens is 366 g/mol. The van der Waals surface area contributed by atoms with Gasteiger partial charge in [0.15, 0.2) is 11.5 Å². The summed E-state index contributed by atoms with van der Waals surface area (Å²) >= 11 is 0. The Morgan fingerprint density at radius 1 is 1.00 bits per heavy atom. The van der Waals surface area contributed by atoms with Crippen LogP contribution in [0.4, 0.5) is 14.5 Å². The van der Waals surface area contributed by atoms with E-state index in [4.69, 9.17) is 9.47 Å². The van der Waals surface area contributed by atoms with Gasteiger partial charge in [-0.2, -0.15) is 5.10 Å². The van der Waals surface area contributed by atoms with Gasteiger partial charge in [-0.3, -0.25) is 5.43 Å². The maximum Gasteiger partial charge on any atom is 0.346 e. The fraction of sp³-hybridized carbons (Fsp3) is 0.0476. The van der Waals surface area contributed by atoms with Crippen molar-refractivity contribution in [1.29, 1.82) is 0 Å². The van der Waals surface area contributed by atoms with E-state index in [1.165, 1.54) is 49.7 Å². The molecule has 0 aliphatic rings. The molecule has 28 heavy (non-hydrogen) atoms. The molecule has 0 aliphatic heterocycles. The van der Waals surface area contributed by atoms with Crippen LogP contribution in [0, 0.1) is 11.6 Å². The highest BCUT2D eigenvalue weighted by Crippen LogP contribution is 2.28. The molecule has 0 saturated carbocycles. The Kier molecular flexibility index (Phi) is 5.96. The molecule has 0 bridgehead atoms. The number of ether oxygens (including phenoxy) is 2. The number of nitrogens with one attached hydrogen (secondary N) is 1. The predicted octanol–water partition coefficient (Wildman–Crippen LogP) is 4.64. The van der Waals surface area contributed by atoms with Crippen LogP contribution in [0.15, 0.2) is 71.8 Å². The summed E-state index contributed by atoms with van der Waals surface area (Å²) in [4.78, 5) is 12.2. The Labute approximate surface area is 160 Å². The molecule has 5 nitrogen and oxygen atoms in total. The van der Waals surface area contributed by atoms with Crippen LogP contribution in [0.1, 0.15) is 15.9 Å². The summed E-state index contributed by atoms with van der Waals surface area (Å²) in [6.07, 6.45) is 1.52. The minimum atomic E-state index is -0.823. The second-order valence-corrected chi connectivity index (χ2v) is 5.66. The number of halogens is 2. The number of nitrogens with zero attached hydrogens (tertiary/aromatic N) is 1. The Hall–Kier alpha value is -3.74. The fourth-order valence-corrected chi connectivity index (χ4v) is 2.34. The second-order valence-electron chi connectivity index (χ2n) is 5.66. The van der Waals surface area contributed by atoms with Crippen molar-refractivity contribution in [1.82, 2.24) is 0 Å². The molecule has 3 aromatic carbocycles. The molecule has 3 aromatic rings. The first-order chi connectivity index (χ1) is 13.6. The molecule has 142 valence electrons. The van der Waals surface area contributed by atoms with Crippen molar-refractivity contribution < 1.29 is 23.0 Å². The molecule has 0 spiro atoms. The van der Waals surface area contributed by atoms with E-state index >= 15 is 0 Å². The first-order valence-corrected chi connectivity index (χ1v) is 8.26. The van der Waals surface area contributed by atoms with Gasteiger partial charge in [0.05, 0.1) is 24.6 Å². The minimum Gasteiger partial charge on any atom is -0.493 e. The molecule has 3 rings (SSSR count). The van der Waals surface area contributed by atoms with Gasteiger partial charge in [-0.15, -0.1) is 0 Å². The van der Waals surface area contributed by atoms with Gasteiger partial charge in [0.25, 0.3) is 0 Å². The fourth-order valence-electron chi connectivity index (χ4n) is 2.34. The number of hydrogen-bond acceptors (Lipinski definition) is 5. The lowest BCUT2D eigenvalue weighted by atomic mass is 10.2. The van der Waals surface area contributed by atoms with Crippen molar-refractivity contribution in [3.8, 4) is 11.5 Å². The predicted molar refractivity (Wildman–Crippen MR) is 102 cm³/mol. The van der Waals surface area contributed by atoms with Crippen LogP contribution in [0.25, 0.3) is 0 Å². The van der Waals surface area contributed by atoms with Crippen molar-refractivity contribution in [2.75, 3.05) is 12.5 Å². The Bertz CT molecular complexity index is 1000. The number of benzene rings is 3. The molecule has 0 radical (unpaired) electrons. The lowest BCUT2D eigenvalue weighted by Gasteiger charge is -2.10. The maximum atomic E-state index is 13.7. The van der Waals surface area contributed by atoms with Crippen molar-refractivity contribution >= 4 is 17.9 Å². The van der Waals surface area contributed by atoms with Crippen molar-refractivity contribution in [2.24, 2.45) is 5.10 Å². The number of carbonyl (C=O) groups excluding carboxylic acids is 1. The molecule has 0 atom stereocenters. The van der Waals surface area contributed by atoms with Crippen LogP contribution in [0.5, 0.6) is 11.5 Å². The van der Waals surface area contributed by atoms with Gasteiger partial charge in [0, 0.05) is 0 Å². The van der Waals surface area contributed by atoms with E-state index in [2.05, 4.69) is 10.5 Å². The Morgan fingerprint density at radius 3 is 2.46 bits per heavy atom.